The van der Waals surface area contributed by atoms with E-state index in [0.717, 1.165) is 6.42 Å². The zero-order chi connectivity index (χ0) is 8.69. The van der Waals surface area contributed by atoms with Crippen molar-refractivity contribution in [1.82, 2.24) is 0 Å². The zero-order valence-electron chi connectivity index (χ0n) is 6.75. The number of rotatable bonds is 4. The molecule has 0 aliphatic rings. The normalized spacial score (nSPS) is 8.91. The van der Waals surface area contributed by atoms with Crippen LogP contribution >= 0.6 is 0 Å². The summed E-state index contributed by atoms with van der Waals surface area (Å²) in [6, 6.07) is 0. The Kier molecular flexibility index (Phi) is 5.15. The summed E-state index contributed by atoms with van der Waals surface area (Å²) in [5.41, 5.74) is 0. The van der Waals surface area contributed by atoms with Gasteiger partial charge in [-0.3, -0.25) is 4.79 Å². The van der Waals surface area contributed by atoms with Crippen LogP contribution in [0.3, 0.4) is 0 Å². The van der Waals surface area contributed by atoms with E-state index in [1.807, 2.05) is 6.92 Å². The van der Waals surface area contributed by atoms with Gasteiger partial charge in [0.2, 0.25) is 0 Å². The lowest BCUT2D eigenvalue weighted by molar-refractivity contribution is -0.157. The van der Waals surface area contributed by atoms with Crippen LogP contribution in [0.4, 0.5) is 0 Å². The van der Waals surface area contributed by atoms with Gasteiger partial charge in [-0.25, -0.2) is 4.79 Å². The first-order valence-electron chi connectivity index (χ1n) is 3.45. The van der Waals surface area contributed by atoms with Gasteiger partial charge in [-0.1, -0.05) is 6.92 Å². The second-order valence-corrected chi connectivity index (χ2v) is 2.00. The molecule has 0 fully saturated rings. The molecule has 0 amide bonds. The van der Waals surface area contributed by atoms with Crippen LogP contribution in [0.2, 0.25) is 0 Å². The fourth-order valence-electron chi connectivity index (χ4n) is 0.418. The standard InChI is InChI=1S/C7H12O4/c1-3-4-10-7(9)5-11-6(2)8/h3-5H2,1-2H3. The molecule has 0 aliphatic heterocycles. The third-order valence-electron chi connectivity index (χ3n) is 0.860. The van der Waals surface area contributed by atoms with Gasteiger partial charge in [-0.2, -0.15) is 0 Å². The summed E-state index contributed by atoms with van der Waals surface area (Å²) in [7, 11) is 0. The first-order chi connectivity index (χ1) is 5.16. The molecule has 0 N–H and O–H groups in total. The Morgan fingerprint density at radius 1 is 1.27 bits per heavy atom. The molecule has 0 aliphatic carbocycles. The molecule has 0 spiro atoms. The van der Waals surface area contributed by atoms with E-state index < -0.39 is 11.9 Å². The van der Waals surface area contributed by atoms with Crippen molar-refractivity contribution in [2.75, 3.05) is 13.2 Å². The minimum absolute atomic E-state index is 0.282. The molecular weight excluding hydrogens is 148 g/mol. The maximum atomic E-state index is 10.6. The molecule has 0 aromatic heterocycles. The maximum absolute atomic E-state index is 10.6. The second kappa shape index (κ2) is 5.70. The predicted molar refractivity (Wildman–Crippen MR) is 37.9 cm³/mol. The predicted octanol–water partition coefficient (Wildman–Crippen LogP) is 0.503. The number of carbonyl (C=O) groups is 2. The van der Waals surface area contributed by atoms with Crippen LogP contribution in [-0.4, -0.2) is 25.2 Å². The molecule has 11 heavy (non-hydrogen) atoms. The van der Waals surface area contributed by atoms with Crippen molar-refractivity contribution in [1.29, 1.82) is 0 Å². The topological polar surface area (TPSA) is 52.6 Å². The van der Waals surface area contributed by atoms with Crippen molar-refractivity contribution in [3.8, 4) is 0 Å². The molecule has 0 unspecified atom stereocenters. The molecule has 0 rings (SSSR count). The molecule has 4 nitrogen and oxygen atoms in total. The minimum atomic E-state index is -0.498. The van der Waals surface area contributed by atoms with Gasteiger partial charge >= 0.3 is 11.9 Å². The van der Waals surface area contributed by atoms with Crippen LogP contribution in [0.25, 0.3) is 0 Å². The average molecular weight is 160 g/mol. The van der Waals surface area contributed by atoms with Crippen molar-refractivity contribution >= 4 is 11.9 Å². The second-order valence-electron chi connectivity index (χ2n) is 2.00. The molecule has 0 saturated carbocycles. The Morgan fingerprint density at radius 3 is 2.36 bits per heavy atom. The molecule has 0 saturated heterocycles. The van der Waals surface area contributed by atoms with Crippen LogP contribution in [0, 0.1) is 0 Å². The Balaban J connectivity index is 3.30. The Hall–Kier alpha value is -1.06. The molecule has 0 aromatic rings. The first kappa shape index (κ1) is 9.94. The molecule has 0 aromatic carbocycles. The monoisotopic (exact) mass is 160 g/mol. The Bertz CT molecular complexity index is 141. The highest BCUT2D eigenvalue weighted by Gasteiger charge is 2.03. The van der Waals surface area contributed by atoms with E-state index in [1.165, 1.54) is 6.92 Å². The summed E-state index contributed by atoms with van der Waals surface area (Å²) >= 11 is 0. The summed E-state index contributed by atoms with van der Waals surface area (Å²) in [6.07, 6.45) is 0.770. The summed E-state index contributed by atoms with van der Waals surface area (Å²) in [4.78, 5) is 20.8. The smallest absolute Gasteiger partial charge is 0.344 e. The van der Waals surface area contributed by atoms with Gasteiger partial charge in [-0.05, 0) is 6.42 Å². The van der Waals surface area contributed by atoms with E-state index in [-0.39, 0.29) is 6.61 Å². The number of hydrogen-bond acceptors (Lipinski definition) is 4. The van der Waals surface area contributed by atoms with Crippen LogP contribution in [0.5, 0.6) is 0 Å². The van der Waals surface area contributed by atoms with E-state index in [2.05, 4.69) is 9.47 Å². The lowest BCUT2D eigenvalue weighted by Gasteiger charge is -2.01. The van der Waals surface area contributed by atoms with Crippen molar-refractivity contribution < 1.29 is 19.1 Å². The fourth-order valence-corrected chi connectivity index (χ4v) is 0.418. The van der Waals surface area contributed by atoms with E-state index in [1.54, 1.807) is 0 Å². The van der Waals surface area contributed by atoms with Crippen molar-refractivity contribution in [2.24, 2.45) is 0 Å². The highest BCUT2D eigenvalue weighted by molar-refractivity contribution is 5.75. The average Bonchev–Trinajstić information content (AvgIpc) is 1.97. The summed E-state index contributed by atoms with van der Waals surface area (Å²) < 4.78 is 9.01. The molecule has 0 radical (unpaired) electrons. The van der Waals surface area contributed by atoms with Gasteiger partial charge in [0.05, 0.1) is 6.61 Å². The summed E-state index contributed by atoms with van der Waals surface area (Å²) in [5, 5.41) is 0. The van der Waals surface area contributed by atoms with Gasteiger partial charge in [0, 0.05) is 6.92 Å². The van der Waals surface area contributed by atoms with Gasteiger partial charge in [0.15, 0.2) is 6.61 Å². The van der Waals surface area contributed by atoms with Gasteiger partial charge in [0.25, 0.3) is 0 Å². The van der Waals surface area contributed by atoms with E-state index >= 15 is 0 Å². The van der Waals surface area contributed by atoms with Crippen LogP contribution in [0.15, 0.2) is 0 Å². The highest BCUT2D eigenvalue weighted by atomic mass is 16.6. The zero-order valence-corrected chi connectivity index (χ0v) is 6.75. The first-order valence-corrected chi connectivity index (χ1v) is 3.45. The van der Waals surface area contributed by atoms with Crippen LogP contribution in [0.1, 0.15) is 20.3 Å². The van der Waals surface area contributed by atoms with Gasteiger partial charge < -0.3 is 9.47 Å². The minimum Gasteiger partial charge on any atom is -0.463 e. The van der Waals surface area contributed by atoms with Crippen LogP contribution in [-0.2, 0) is 19.1 Å². The van der Waals surface area contributed by atoms with Crippen molar-refractivity contribution in [3.05, 3.63) is 0 Å². The molecule has 0 heterocycles. The maximum Gasteiger partial charge on any atom is 0.344 e. The SMILES string of the molecule is CCCOC(=O)COC(C)=O. The van der Waals surface area contributed by atoms with E-state index in [4.69, 9.17) is 0 Å². The lowest BCUT2D eigenvalue weighted by atomic mass is 10.5. The van der Waals surface area contributed by atoms with E-state index in [9.17, 15) is 9.59 Å². The number of ether oxygens (including phenoxy) is 2. The fraction of sp³-hybridized carbons (Fsp3) is 0.714. The Morgan fingerprint density at radius 2 is 1.91 bits per heavy atom. The molecule has 0 atom stereocenters. The largest absolute Gasteiger partial charge is 0.463 e. The molecular formula is C7H12O4. The summed E-state index contributed by atoms with van der Waals surface area (Å²) in [5.74, 6) is -0.972. The van der Waals surface area contributed by atoms with Crippen LogP contribution < -0.4 is 0 Å². The molecule has 64 valence electrons. The highest BCUT2D eigenvalue weighted by Crippen LogP contribution is 1.84. The van der Waals surface area contributed by atoms with Crippen molar-refractivity contribution in [3.63, 3.8) is 0 Å². The number of esters is 2. The van der Waals surface area contributed by atoms with Gasteiger partial charge in [-0.15, -0.1) is 0 Å². The number of hydrogen-bond donors (Lipinski definition) is 0. The molecule has 4 heteroatoms. The van der Waals surface area contributed by atoms with Gasteiger partial charge in [0.1, 0.15) is 0 Å². The summed E-state index contributed by atoms with van der Waals surface area (Å²) in [6.45, 7) is 3.22. The Labute approximate surface area is 65.5 Å². The third kappa shape index (κ3) is 6.83. The lowest BCUT2D eigenvalue weighted by Crippen LogP contribution is -2.15. The quantitative estimate of drug-likeness (QED) is 0.562. The van der Waals surface area contributed by atoms with Crippen molar-refractivity contribution in [2.45, 2.75) is 20.3 Å². The molecule has 0 bridgehead atoms. The van der Waals surface area contributed by atoms with E-state index in [0.29, 0.717) is 6.61 Å². The third-order valence-corrected chi connectivity index (χ3v) is 0.860. The number of carbonyl (C=O) groups excluding carboxylic acids is 2.